The number of hydrogen-bond acceptors (Lipinski definition) is 5. The summed E-state index contributed by atoms with van der Waals surface area (Å²) in [6.07, 6.45) is 1.66. The van der Waals surface area contributed by atoms with Crippen molar-refractivity contribution in [3.8, 4) is 5.69 Å². The van der Waals surface area contributed by atoms with E-state index in [4.69, 9.17) is 0 Å². The van der Waals surface area contributed by atoms with E-state index in [1.165, 1.54) is 12.1 Å². The maximum atomic E-state index is 13.6. The SMILES string of the molecule is Cc1c(C(Nc2ccccn2)c2ccc([N+](=O)[O-])cc2)c(=O)n(-c2ccccc2)n1C. The van der Waals surface area contributed by atoms with E-state index in [0.29, 0.717) is 11.4 Å². The van der Waals surface area contributed by atoms with Gasteiger partial charge in [-0.2, -0.15) is 0 Å². The number of nitrogens with zero attached hydrogens (tertiary/aromatic N) is 4. The van der Waals surface area contributed by atoms with Crippen molar-refractivity contribution in [2.24, 2.45) is 7.05 Å². The zero-order valence-corrected chi connectivity index (χ0v) is 17.1. The molecule has 0 bridgehead atoms. The number of rotatable bonds is 6. The highest BCUT2D eigenvalue weighted by Crippen LogP contribution is 2.28. The Bertz CT molecular complexity index is 1260. The smallest absolute Gasteiger partial charge is 0.277 e. The van der Waals surface area contributed by atoms with Gasteiger partial charge in [0.05, 0.1) is 22.2 Å². The maximum absolute atomic E-state index is 13.6. The molecule has 1 N–H and O–H groups in total. The molecule has 1 unspecified atom stereocenters. The molecule has 0 aliphatic rings. The van der Waals surface area contributed by atoms with E-state index in [0.717, 1.165) is 16.9 Å². The summed E-state index contributed by atoms with van der Waals surface area (Å²) in [6, 6.07) is 20.5. The molecule has 8 nitrogen and oxygen atoms in total. The number of aromatic nitrogens is 3. The van der Waals surface area contributed by atoms with Crippen LogP contribution in [0.25, 0.3) is 5.69 Å². The summed E-state index contributed by atoms with van der Waals surface area (Å²) in [6.45, 7) is 1.88. The van der Waals surface area contributed by atoms with Crippen molar-refractivity contribution >= 4 is 11.5 Å². The van der Waals surface area contributed by atoms with Gasteiger partial charge >= 0.3 is 0 Å². The summed E-state index contributed by atoms with van der Waals surface area (Å²) in [5, 5.41) is 14.4. The summed E-state index contributed by atoms with van der Waals surface area (Å²) < 4.78 is 3.43. The zero-order valence-electron chi connectivity index (χ0n) is 17.1. The number of benzene rings is 2. The number of nitro benzene ring substituents is 1. The normalized spacial score (nSPS) is 11.8. The molecule has 31 heavy (non-hydrogen) atoms. The summed E-state index contributed by atoms with van der Waals surface area (Å²) in [5.41, 5.74) is 2.63. The summed E-state index contributed by atoms with van der Waals surface area (Å²) in [5.74, 6) is 0.597. The van der Waals surface area contributed by atoms with Crippen LogP contribution in [0.5, 0.6) is 0 Å². The Morgan fingerprint density at radius 2 is 1.68 bits per heavy atom. The Labute approximate surface area is 178 Å². The predicted octanol–water partition coefficient (Wildman–Crippen LogP) is 3.99. The minimum absolute atomic E-state index is 0.00758. The van der Waals surface area contributed by atoms with Gasteiger partial charge < -0.3 is 5.32 Å². The number of para-hydroxylation sites is 1. The van der Waals surface area contributed by atoms with Crippen LogP contribution in [0.3, 0.4) is 0 Å². The molecule has 0 amide bonds. The van der Waals surface area contributed by atoms with E-state index < -0.39 is 11.0 Å². The van der Waals surface area contributed by atoms with Crippen LogP contribution in [-0.2, 0) is 7.05 Å². The third-order valence-electron chi connectivity index (χ3n) is 5.28. The van der Waals surface area contributed by atoms with Crippen molar-refractivity contribution in [1.29, 1.82) is 0 Å². The fourth-order valence-electron chi connectivity index (χ4n) is 3.63. The van der Waals surface area contributed by atoms with E-state index in [9.17, 15) is 14.9 Å². The van der Waals surface area contributed by atoms with Gasteiger partial charge in [-0.15, -0.1) is 0 Å². The average molecular weight is 415 g/mol. The molecule has 0 aliphatic carbocycles. The molecule has 0 spiro atoms. The summed E-state index contributed by atoms with van der Waals surface area (Å²) in [7, 11) is 1.83. The minimum Gasteiger partial charge on any atom is -0.359 e. The predicted molar refractivity (Wildman–Crippen MR) is 119 cm³/mol. The van der Waals surface area contributed by atoms with Gasteiger partial charge in [0.25, 0.3) is 11.2 Å². The van der Waals surface area contributed by atoms with Crippen LogP contribution in [0, 0.1) is 17.0 Å². The standard InChI is InChI=1S/C23H21N5O3/c1-16-21(23(29)27(26(16)2)18-8-4-3-5-9-18)22(25-20-10-6-7-15-24-20)17-11-13-19(14-12-17)28(30)31/h3-15,22H,1-2H3,(H,24,25). The molecular weight excluding hydrogens is 394 g/mol. The van der Waals surface area contributed by atoms with Crippen molar-refractivity contribution in [2.45, 2.75) is 13.0 Å². The lowest BCUT2D eigenvalue weighted by Crippen LogP contribution is -2.25. The second-order valence-electron chi connectivity index (χ2n) is 7.12. The van der Waals surface area contributed by atoms with Crippen molar-refractivity contribution in [2.75, 3.05) is 5.32 Å². The Morgan fingerprint density at radius 1 is 1.00 bits per heavy atom. The van der Waals surface area contributed by atoms with E-state index in [1.807, 2.05) is 67.2 Å². The van der Waals surface area contributed by atoms with Crippen LogP contribution in [0.15, 0.2) is 83.8 Å². The molecular formula is C23H21N5O3. The van der Waals surface area contributed by atoms with Crippen LogP contribution in [0.2, 0.25) is 0 Å². The van der Waals surface area contributed by atoms with Gasteiger partial charge in [-0.25, -0.2) is 9.67 Å². The number of hydrogen-bond donors (Lipinski definition) is 1. The van der Waals surface area contributed by atoms with Crippen molar-refractivity contribution in [1.82, 2.24) is 14.3 Å². The van der Waals surface area contributed by atoms with Gasteiger partial charge in [0.15, 0.2) is 0 Å². The Morgan fingerprint density at radius 3 is 2.29 bits per heavy atom. The van der Waals surface area contributed by atoms with E-state index >= 15 is 0 Å². The first-order valence-corrected chi connectivity index (χ1v) is 9.73. The minimum atomic E-state index is -0.542. The molecule has 8 heteroatoms. The molecule has 156 valence electrons. The first-order valence-electron chi connectivity index (χ1n) is 9.73. The van der Waals surface area contributed by atoms with Crippen molar-refractivity contribution < 1.29 is 4.92 Å². The van der Waals surface area contributed by atoms with Gasteiger partial charge in [-0.05, 0) is 48.9 Å². The zero-order chi connectivity index (χ0) is 22.0. The van der Waals surface area contributed by atoms with Crippen LogP contribution < -0.4 is 10.9 Å². The lowest BCUT2D eigenvalue weighted by atomic mass is 9.98. The largest absolute Gasteiger partial charge is 0.359 e. The van der Waals surface area contributed by atoms with Crippen LogP contribution >= 0.6 is 0 Å². The van der Waals surface area contributed by atoms with Crippen molar-refractivity contribution in [3.63, 3.8) is 0 Å². The van der Waals surface area contributed by atoms with E-state index in [2.05, 4.69) is 10.3 Å². The number of nitro groups is 1. The lowest BCUT2D eigenvalue weighted by molar-refractivity contribution is -0.384. The Kier molecular flexibility index (Phi) is 5.36. The summed E-state index contributed by atoms with van der Waals surface area (Å²) >= 11 is 0. The van der Waals surface area contributed by atoms with E-state index in [-0.39, 0.29) is 11.2 Å². The van der Waals surface area contributed by atoms with Crippen LogP contribution in [-0.4, -0.2) is 19.3 Å². The number of pyridine rings is 1. The highest BCUT2D eigenvalue weighted by atomic mass is 16.6. The highest BCUT2D eigenvalue weighted by molar-refractivity contribution is 5.48. The van der Waals surface area contributed by atoms with Gasteiger partial charge in [-0.3, -0.25) is 19.6 Å². The maximum Gasteiger partial charge on any atom is 0.277 e. The first-order chi connectivity index (χ1) is 15.0. The fourth-order valence-corrected chi connectivity index (χ4v) is 3.63. The van der Waals surface area contributed by atoms with Gasteiger partial charge in [0.1, 0.15) is 5.82 Å². The molecule has 2 aromatic carbocycles. The quantitative estimate of drug-likeness (QED) is 0.380. The van der Waals surface area contributed by atoms with Gasteiger partial charge in [-0.1, -0.05) is 24.3 Å². The first kappa shape index (κ1) is 20.1. The van der Waals surface area contributed by atoms with Crippen molar-refractivity contribution in [3.05, 3.63) is 116 Å². The number of anilines is 1. The second-order valence-corrected chi connectivity index (χ2v) is 7.12. The molecule has 1 atom stereocenters. The molecule has 0 saturated carbocycles. The molecule has 2 aromatic heterocycles. The van der Waals surface area contributed by atoms with Gasteiger partial charge in [0, 0.05) is 31.1 Å². The third-order valence-corrected chi connectivity index (χ3v) is 5.28. The van der Waals surface area contributed by atoms with Crippen LogP contribution in [0.1, 0.15) is 22.9 Å². The highest BCUT2D eigenvalue weighted by Gasteiger charge is 2.26. The molecule has 4 aromatic rings. The average Bonchev–Trinajstić information content (AvgIpc) is 3.01. The molecule has 2 heterocycles. The fraction of sp³-hybridized carbons (Fsp3) is 0.130. The molecule has 0 saturated heterocycles. The number of nitrogens with one attached hydrogen (secondary N) is 1. The van der Waals surface area contributed by atoms with Crippen LogP contribution in [0.4, 0.5) is 11.5 Å². The molecule has 0 fully saturated rings. The topological polar surface area (TPSA) is 95.0 Å². The van der Waals surface area contributed by atoms with Gasteiger partial charge in [0.2, 0.25) is 0 Å². The number of non-ortho nitro benzene ring substituents is 1. The third kappa shape index (κ3) is 3.83. The summed E-state index contributed by atoms with van der Waals surface area (Å²) in [4.78, 5) is 28.5. The second kappa shape index (κ2) is 8.27. The monoisotopic (exact) mass is 415 g/mol. The molecule has 0 radical (unpaired) electrons. The Balaban J connectivity index is 1.88. The molecule has 0 aliphatic heterocycles. The van der Waals surface area contributed by atoms with E-state index in [1.54, 1.807) is 23.0 Å². The lowest BCUT2D eigenvalue weighted by Gasteiger charge is -2.19. The molecule has 4 rings (SSSR count). The Hall–Kier alpha value is -4.20.